The summed E-state index contributed by atoms with van der Waals surface area (Å²) in [7, 11) is 0. The van der Waals surface area contributed by atoms with Crippen LogP contribution < -0.4 is 5.43 Å². The van der Waals surface area contributed by atoms with Gasteiger partial charge in [0.25, 0.3) is 5.91 Å². The van der Waals surface area contributed by atoms with Gasteiger partial charge in [0, 0.05) is 33.0 Å². The van der Waals surface area contributed by atoms with Crippen LogP contribution in [-0.4, -0.2) is 20.8 Å². The number of carbonyl (C=O) groups is 1. The molecular weight excluding hydrogens is 372 g/mol. The third kappa shape index (κ3) is 1.77. The minimum absolute atomic E-state index is 0.0597. The number of halogens is 1. The Balaban J connectivity index is 1.54. The highest BCUT2D eigenvalue weighted by Gasteiger charge is 2.57. The predicted octanol–water partition coefficient (Wildman–Crippen LogP) is 3.43. The lowest BCUT2D eigenvalue weighted by atomic mass is 9.73. The molecule has 2 aromatic rings. The average molecular weight is 387 g/mol. The van der Waals surface area contributed by atoms with Crippen LogP contribution in [0, 0.1) is 11.8 Å². The molecule has 6 heteroatoms. The Kier molecular flexibility index (Phi) is 2.75. The summed E-state index contributed by atoms with van der Waals surface area (Å²) >= 11 is 3.33. The number of nitrogens with zero attached hydrogens (tertiary/aromatic N) is 1. The average Bonchev–Trinajstić information content (AvgIpc) is 3.36. The molecule has 122 valence electrons. The zero-order chi connectivity index (χ0) is 16.6. The van der Waals surface area contributed by atoms with Gasteiger partial charge in [-0.2, -0.15) is 4.68 Å². The van der Waals surface area contributed by atoms with Crippen molar-refractivity contribution in [2.24, 2.45) is 11.8 Å². The molecule has 0 aliphatic heterocycles. The highest BCUT2D eigenvalue weighted by atomic mass is 79.9. The molecule has 1 aromatic carbocycles. The predicted molar refractivity (Wildman–Crippen MR) is 91.8 cm³/mol. The van der Waals surface area contributed by atoms with Crippen LogP contribution >= 0.6 is 15.9 Å². The number of carbonyl (C=O) groups excluding carboxylic acids is 1. The topological polar surface area (TPSA) is 74.5 Å². The Morgan fingerprint density at radius 1 is 1.12 bits per heavy atom. The van der Waals surface area contributed by atoms with Crippen molar-refractivity contribution in [2.45, 2.75) is 18.3 Å². The van der Waals surface area contributed by atoms with Crippen LogP contribution in [0.2, 0.25) is 0 Å². The number of hydrogen-bond donors (Lipinski definition) is 3. The van der Waals surface area contributed by atoms with Crippen LogP contribution in [0.15, 0.2) is 40.9 Å². The van der Waals surface area contributed by atoms with E-state index in [0.717, 1.165) is 26.7 Å². The Morgan fingerprint density at radius 2 is 1.75 bits per heavy atom. The number of rotatable bonds is 2. The first kappa shape index (κ1) is 14.2. The molecule has 0 saturated heterocycles. The Hall–Kier alpha value is -2.21. The summed E-state index contributed by atoms with van der Waals surface area (Å²) in [6.45, 7) is 0. The van der Waals surface area contributed by atoms with E-state index in [1.807, 2.05) is 6.07 Å². The highest BCUT2D eigenvalue weighted by Crippen LogP contribution is 2.67. The van der Waals surface area contributed by atoms with E-state index in [-0.39, 0.29) is 29.5 Å². The largest absolute Gasteiger partial charge is 0.493 e. The summed E-state index contributed by atoms with van der Waals surface area (Å²) in [6, 6.07) is 6.96. The lowest BCUT2D eigenvalue weighted by molar-refractivity contribution is 0.100. The monoisotopic (exact) mass is 386 g/mol. The maximum Gasteiger partial charge on any atom is 0.270 e. The van der Waals surface area contributed by atoms with Crippen molar-refractivity contribution in [1.82, 2.24) is 4.68 Å². The van der Waals surface area contributed by atoms with Gasteiger partial charge in [-0.05, 0) is 36.5 Å². The van der Waals surface area contributed by atoms with E-state index in [9.17, 15) is 15.0 Å². The second kappa shape index (κ2) is 4.66. The van der Waals surface area contributed by atoms with Crippen LogP contribution in [-0.2, 0) is 0 Å². The van der Waals surface area contributed by atoms with Gasteiger partial charge in [0.15, 0.2) is 0 Å². The minimum atomic E-state index is -0.389. The fraction of sp³-hybridized carbons (Fsp3) is 0.278. The van der Waals surface area contributed by atoms with Crippen LogP contribution in [0.4, 0.5) is 0 Å². The summed E-state index contributed by atoms with van der Waals surface area (Å²) in [5.74, 6) is 0.907. The maximum absolute atomic E-state index is 12.4. The Bertz CT molecular complexity index is 876. The highest BCUT2D eigenvalue weighted by molar-refractivity contribution is 9.10. The smallest absolute Gasteiger partial charge is 0.270 e. The van der Waals surface area contributed by atoms with Gasteiger partial charge in [0.05, 0.1) is 0 Å². The van der Waals surface area contributed by atoms with E-state index in [2.05, 4.69) is 33.5 Å². The molecule has 1 aromatic heterocycles. The summed E-state index contributed by atoms with van der Waals surface area (Å²) < 4.78 is 1.91. The van der Waals surface area contributed by atoms with Crippen molar-refractivity contribution in [1.29, 1.82) is 0 Å². The molecule has 4 aliphatic rings. The van der Waals surface area contributed by atoms with E-state index in [0.29, 0.717) is 17.4 Å². The quantitative estimate of drug-likeness (QED) is 0.692. The van der Waals surface area contributed by atoms with Crippen LogP contribution in [0.5, 0.6) is 11.8 Å². The molecule has 1 saturated carbocycles. The number of benzene rings is 1. The fourth-order valence-electron chi connectivity index (χ4n) is 4.35. The molecule has 1 amide bonds. The molecular formula is C18H15BrN2O3. The standard InChI is InChI=1S/C18H15BrN2O3/c19-9-3-1-2-8(6-9)16(22)20-21-17(23)14-10-4-5-11(13-7-12(10)13)15(14)18(21)24/h1-6,10-13,23-24H,7H2,(H,20,22). The van der Waals surface area contributed by atoms with E-state index in [1.54, 1.807) is 18.2 Å². The maximum atomic E-state index is 12.4. The summed E-state index contributed by atoms with van der Waals surface area (Å²) in [4.78, 5) is 12.4. The molecule has 1 heterocycles. The molecule has 4 aliphatic carbocycles. The van der Waals surface area contributed by atoms with Gasteiger partial charge < -0.3 is 10.2 Å². The molecule has 5 nitrogen and oxygen atoms in total. The number of allylic oxidation sites excluding steroid dienone is 2. The molecule has 6 rings (SSSR count). The van der Waals surface area contributed by atoms with E-state index in [4.69, 9.17) is 0 Å². The lowest BCUT2D eigenvalue weighted by Crippen LogP contribution is -2.22. The zero-order valence-electron chi connectivity index (χ0n) is 12.6. The van der Waals surface area contributed by atoms with Gasteiger partial charge in [-0.25, -0.2) is 0 Å². The molecule has 1 fully saturated rings. The number of nitrogens with one attached hydrogen (secondary N) is 1. The SMILES string of the molecule is O=C(Nn1c(O)c2c(c1O)C1C=CC2C2CC12)c1cccc(Br)c1. The first-order chi connectivity index (χ1) is 11.6. The third-order valence-electron chi connectivity index (χ3n) is 5.50. The summed E-state index contributed by atoms with van der Waals surface area (Å²) in [6.07, 6.45) is 5.39. The second-order valence-electron chi connectivity index (χ2n) is 6.76. The van der Waals surface area contributed by atoms with Crippen molar-refractivity contribution in [2.75, 3.05) is 5.43 Å². The Labute approximate surface area is 146 Å². The first-order valence-electron chi connectivity index (χ1n) is 7.98. The van der Waals surface area contributed by atoms with E-state index >= 15 is 0 Å². The minimum Gasteiger partial charge on any atom is -0.493 e. The number of aromatic hydroxyl groups is 2. The summed E-state index contributed by atoms with van der Waals surface area (Å²) in [5, 5.41) is 21.2. The normalized spacial score (nSPS) is 28.4. The number of aromatic nitrogens is 1. The van der Waals surface area contributed by atoms with Crippen molar-refractivity contribution >= 4 is 21.8 Å². The van der Waals surface area contributed by atoms with Crippen LogP contribution in [0.1, 0.15) is 39.7 Å². The van der Waals surface area contributed by atoms with Crippen LogP contribution in [0.25, 0.3) is 0 Å². The lowest BCUT2D eigenvalue weighted by Gasteiger charge is -2.29. The van der Waals surface area contributed by atoms with Gasteiger partial charge in [-0.3, -0.25) is 10.2 Å². The van der Waals surface area contributed by atoms with Gasteiger partial charge >= 0.3 is 0 Å². The zero-order valence-corrected chi connectivity index (χ0v) is 14.2. The molecule has 24 heavy (non-hydrogen) atoms. The van der Waals surface area contributed by atoms with Gasteiger partial charge in [-0.15, -0.1) is 0 Å². The van der Waals surface area contributed by atoms with Crippen molar-refractivity contribution in [3.8, 4) is 11.8 Å². The van der Waals surface area contributed by atoms with Crippen molar-refractivity contribution < 1.29 is 15.0 Å². The molecule has 3 N–H and O–H groups in total. The third-order valence-corrected chi connectivity index (χ3v) is 6.00. The van der Waals surface area contributed by atoms with Crippen LogP contribution in [0.3, 0.4) is 0 Å². The first-order valence-corrected chi connectivity index (χ1v) is 8.77. The molecule has 2 bridgehead atoms. The molecule has 0 radical (unpaired) electrons. The van der Waals surface area contributed by atoms with Crippen molar-refractivity contribution in [3.63, 3.8) is 0 Å². The van der Waals surface area contributed by atoms with E-state index in [1.165, 1.54) is 0 Å². The second-order valence-corrected chi connectivity index (χ2v) is 7.68. The Morgan fingerprint density at radius 3 is 2.33 bits per heavy atom. The molecule has 4 atom stereocenters. The van der Waals surface area contributed by atoms with Gasteiger partial charge in [-0.1, -0.05) is 34.1 Å². The van der Waals surface area contributed by atoms with Crippen molar-refractivity contribution in [3.05, 3.63) is 57.6 Å². The molecule has 4 unspecified atom stereocenters. The van der Waals surface area contributed by atoms with Gasteiger partial charge in [0.1, 0.15) is 0 Å². The van der Waals surface area contributed by atoms with Gasteiger partial charge in [0.2, 0.25) is 11.8 Å². The number of amides is 1. The van der Waals surface area contributed by atoms with E-state index < -0.39 is 0 Å². The summed E-state index contributed by atoms with van der Waals surface area (Å²) in [5.41, 5.74) is 4.59. The fourth-order valence-corrected chi connectivity index (χ4v) is 4.75. The molecule has 0 spiro atoms. The number of hydrogen-bond acceptors (Lipinski definition) is 3.